The third-order valence-electron chi connectivity index (χ3n) is 4.66. The Kier molecular flexibility index (Phi) is 8.26. The maximum atomic E-state index is 2.52. The molecule has 2 heterocycles. The Morgan fingerprint density at radius 2 is 1.10 bits per heavy atom. The highest BCUT2D eigenvalue weighted by atomic mass is 15.4. The smallest absolute Gasteiger partial charge is 0.0912 e. The minimum absolute atomic E-state index is 0. The summed E-state index contributed by atoms with van der Waals surface area (Å²) in [4.78, 5) is 4.91. The van der Waals surface area contributed by atoms with Crippen LogP contribution in [-0.2, 0) is 0 Å². The minimum atomic E-state index is 0. The molecular formula is C16H40N4+2. The molecule has 0 amide bonds. The van der Waals surface area contributed by atoms with E-state index in [9.17, 15) is 0 Å². The number of rotatable bonds is 1. The lowest BCUT2D eigenvalue weighted by molar-refractivity contribution is -0.894. The normalized spacial score (nSPS) is 26.1. The predicted molar refractivity (Wildman–Crippen MR) is 90.0 cm³/mol. The molecule has 0 radical (unpaired) electrons. The van der Waals surface area contributed by atoms with E-state index in [4.69, 9.17) is 0 Å². The maximum Gasteiger partial charge on any atom is 0.0912 e. The molecule has 0 aliphatic carbocycles. The molecule has 0 unspecified atom stereocenters. The van der Waals surface area contributed by atoms with Crippen molar-refractivity contribution >= 4 is 0 Å². The number of quaternary nitrogens is 2. The van der Waals surface area contributed by atoms with Gasteiger partial charge in [-0.05, 0) is 13.6 Å². The van der Waals surface area contributed by atoms with Gasteiger partial charge in [-0.15, -0.1) is 0 Å². The first-order valence-electron chi connectivity index (χ1n) is 7.79. The molecule has 0 aromatic carbocycles. The third-order valence-corrected chi connectivity index (χ3v) is 4.66. The van der Waals surface area contributed by atoms with Gasteiger partial charge in [-0.1, -0.05) is 14.4 Å². The number of hydrogen-bond acceptors (Lipinski definition) is 2. The first kappa shape index (κ1) is 19.8. The van der Waals surface area contributed by atoms with E-state index in [-0.39, 0.29) is 7.43 Å². The molecule has 2 saturated heterocycles. The highest BCUT2D eigenvalue weighted by Gasteiger charge is 2.22. The third kappa shape index (κ3) is 7.58. The second kappa shape index (κ2) is 8.32. The van der Waals surface area contributed by atoms with E-state index in [1.807, 2.05) is 0 Å². The van der Waals surface area contributed by atoms with Gasteiger partial charge in [0.1, 0.15) is 0 Å². The molecular weight excluding hydrogens is 248 g/mol. The molecule has 4 nitrogen and oxygen atoms in total. The van der Waals surface area contributed by atoms with E-state index in [1.165, 1.54) is 67.9 Å². The number of nitrogens with zero attached hydrogens (tertiary/aromatic N) is 4. The van der Waals surface area contributed by atoms with Gasteiger partial charge in [0.05, 0.1) is 54.4 Å². The van der Waals surface area contributed by atoms with E-state index in [0.717, 1.165) is 0 Å². The van der Waals surface area contributed by atoms with Crippen LogP contribution in [0.1, 0.15) is 14.4 Å². The predicted octanol–water partition coefficient (Wildman–Crippen LogP) is 1.04. The molecule has 2 rings (SSSR count). The molecule has 2 aliphatic heterocycles. The summed E-state index contributed by atoms with van der Waals surface area (Å²) in [6.45, 7) is 13.8. The fraction of sp³-hybridized carbons (Fsp3) is 1.00. The fourth-order valence-electron chi connectivity index (χ4n) is 2.47. The number of hydrogen-bond donors (Lipinski definition) is 0. The quantitative estimate of drug-likeness (QED) is 0.665. The van der Waals surface area contributed by atoms with Crippen LogP contribution in [0.3, 0.4) is 0 Å². The summed E-state index contributed by atoms with van der Waals surface area (Å²) in [7, 11) is 11.4. The molecule has 2 fully saturated rings. The van der Waals surface area contributed by atoms with Crippen LogP contribution < -0.4 is 0 Å². The number of piperazine rings is 2. The van der Waals surface area contributed by atoms with Crippen LogP contribution in [0.2, 0.25) is 0 Å². The molecule has 0 bridgehead atoms. The summed E-state index contributed by atoms with van der Waals surface area (Å²) >= 11 is 0. The van der Waals surface area contributed by atoms with Crippen molar-refractivity contribution in [1.29, 1.82) is 0 Å². The van der Waals surface area contributed by atoms with Crippen LogP contribution in [0.4, 0.5) is 0 Å². The molecule has 0 aromatic heterocycles. The summed E-state index contributed by atoms with van der Waals surface area (Å²) in [6, 6.07) is 0. The van der Waals surface area contributed by atoms with E-state index in [1.54, 1.807) is 0 Å². The Morgan fingerprint density at radius 3 is 1.40 bits per heavy atom. The van der Waals surface area contributed by atoms with Crippen LogP contribution in [0, 0.1) is 0 Å². The Hall–Kier alpha value is -0.160. The lowest BCUT2D eigenvalue weighted by Crippen LogP contribution is -2.54. The summed E-state index contributed by atoms with van der Waals surface area (Å²) in [6.07, 6.45) is 0. The second-order valence-electron chi connectivity index (χ2n) is 7.50. The average Bonchev–Trinajstić information content (AvgIpc) is 2.34. The molecule has 0 spiro atoms. The topological polar surface area (TPSA) is 6.48 Å². The highest BCUT2D eigenvalue weighted by Crippen LogP contribution is 2.05. The van der Waals surface area contributed by atoms with Crippen molar-refractivity contribution in [2.45, 2.75) is 14.4 Å². The van der Waals surface area contributed by atoms with Gasteiger partial charge in [-0.3, -0.25) is 9.80 Å². The van der Waals surface area contributed by atoms with Crippen molar-refractivity contribution in [3.05, 3.63) is 0 Å². The zero-order valence-corrected chi connectivity index (χ0v) is 14.2. The molecule has 122 valence electrons. The molecule has 20 heavy (non-hydrogen) atoms. The Labute approximate surface area is 128 Å². The van der Waals surface area contributed by atoms with E-state index < -0.39 is 0 Å². The minimum Gasteiger partial charge on any atom is -0.326 e. The summed E-state index contributed by atoms with van der Waals surface area (Å²) in [5.41, 5.74) is 0. The molecule has 0 atom stereocenters. The van der Waals surface area contributed by atoms with E-state index >= 15 is 0 Å². The lowest BCUT2D eigenvalue weighted by atomic mass is 10.3. The fourth-order valence-corrected chi connectivity index (χ4v) is 2.47. The van der Waals surface area contributed by atoms with Gasteiger partial charge in [-0.25, -0.2) is 0 Å². The van der Waals surface area contributed by atoms with Crippen molar-refractivity contribution in [2.75, 3.05) is 94.1 Å². The maximum absolute atomic E-state index is 2.52. The molecule has 2 aliphatic rings. The standard InChI is InChI=1S/C8H19N2.C7H17N2.CH4/c1-4-9-5-7-10(2,3)8-6-9;1-8-4-6-9(2,3)7-5-8;/h4-8H2,1-3H3;4-7H2,1-3H3;1H4/q2*+1;. The molecule has 0 N–H and O–H groups in total. The summed E-state index contributed by atoms with van der Waals surface area (Å²) < 4.78 is 2.40. The zero-order valence-electron chi connectivity index (χ0n) is 14.2. The average molecular weight is 289 g/mol. The first-order chi connectivity index (χ1) is 8.74. The van der Waals surface area contributed by atoms with Crippen molar-refractivity contribution in [3.63, 3.8) is 0 Å². The van der Waals surface area contributed by atoms with Crippen molar-refractivity contribution < 1.29 is 8.97 Å². The summed E-state index contributed by atoms with van der Waals surface area (Å²) in [5, 5.41) is 0. The highest BCUT2D eigenvalue weighted by molar-refractivity contribution is 4.59. The van der Waals surface area contributed by atoms with E-state index in [0.29, 0.717) is 0 Å². The largest absolute Gasteiger partial charge is 0.326 e. The molecule has 0 saturated carbocycles. The van der Waals surface area contributed by atoms with Gasteiger partial charge in [0.15, 0.2) is 0 Å². The molecule has 4 heteroatoms. The summed E-state index contributed by atoms with van der Waals surface area (Å²) in [5.74, 6) is 0. The van der Waals surface area contributed by atoms with Crippen molar-refractivity contribution in [3.8, 4) is 0 Å². The Morgan fingerprint density at radius 1 is 0.750 bits per heavy atom. The zero-order chi connectivity index (χ0) is 14.5. The van der Waals surface area contributed by atoms with Gasteiger partial charge < -0.3 is 8.97 Å². The number of likely N-dealkylation sites (N-methyl/N-ethyl adjacent to an activating group) is 4. The van der Waals surface area contributed by atoms with Gasteiger partial charge in [0.2, 0.25) is 0 Å². The van der Waals surface area contributed by atoms with Crippen LogP contribution in [0.15, 0.2) is 0 Å². The van der Waals surface area contributed by atoms with Gasteiger partial charge in [-0.2, -0.15) is 0 Å². The SMILES string of the molecule is C.CCN1CC[N+](C)(C)CC1.CN1CC[N+](C)(C)CC1. The lowest BCUT2D eigenvalue weighted by Gasteiger charge is -2.38. The Bertz CT molecular complexity index is 243. The monoisotopic (exact) mass is 288 g/mol. The van der Waals surface area contributed by atoms with Crippen LogP contribution in [0.25, 0.3) is 0 Å². The second-order valence-corrected chi connectivity index (χ2v) is 7.50. The Balaban J connectivity index is 0.000000345. The molecule has 0 aromatic rings. The van der Waals surface area contributed by atoms with Crippen LogP contribution in [-0.4, -0.2) is 113 Å². The van der Waals surface area contributed by atoms with Crippen LogP contribution >= 0.6 is 0 Å². The van der Waals surface area contributed by atoms with E-state index in [2.05, 4.69) is 52.0 Å². The van der Waals surface area contributed by atoms with Crippen molar-refractivity contribution in [2.24, 2.45) is 0 Å². The van der Waals surface area contributed by atoms with Gasteiger partial charge in [0.25, 0.3) is 0 Å². The van der Waals surface area contributed by atoms with Gasteiger partial charge >= 0.3 is 0 Å². The van der Waals surface area contributed by atoms with Crippen LogP contribution in [0.5, 0.6) is 0 Å². The van der Waals surface area contributed by atoms with Crippen molar-refractivity contribution in [1.82, 2.24) is 9.80 Å². The first-order valence-corrected chi connectivity index (χ1v) is 7.79. The van der Waals surface area contributed by atoms with Gasteiger partial charge in [0, 0.05) is 26.2 Å².